The Balaban J connectivity index is 1.64. The number of rotatable bonds is 1. The van der Waals surface area contributed by atoms with Crippen LogP contribution in [0.25, 0.3) is 0 Å². The highest BCUT2D eigenvalue weighted by Gasteiger charge is 2.31. The van der Waals surface area contributed by atoms with Crippen LogP contribution in [0.2, 0.25) is 0 Å². The number of hydrogen-bond acceptors (Lipinski definition) is 4. The van der Waals surface area contributed by atoms with Crippen molar-refractivity contribution in [2.24, 2.45) is 5.41 Å². The molecule has 0 saturated carbocycles. The topological polar surface area (TPSA) is 59.1 Å². The molecular formula is C17H22N2O4. The molecule has 1 saturated heterocycles. The molecule has 0 aromatic heterocycles. The lowest BCUT2D eigenvalue weighted by molar-refractivity contribution is -0.140. The molecule has 2 aliphatic heterocycles. The summed E-state index contributed by atoms with van der Waals surface area (Å²) in [5.74, 6) is 1.37. The van der Waals surface area contributed by atoms with Gasteiger partial charge in [-0.05, 0) is 18.2 Å². The standard InChI is InChI=1S/C17H22N2O4/c1-17(2,3)16(21)19-8-6-18(7-9-19)15(20)12-4-5-13-14(10-12)23-11-22-13/h4-5,10H,6-9,11H2,1-3H3. The average molecular weight is 318 g/mol. The van der Waals surface area contributed by atoms with Gasteiger partial charge >= 0.3 is 0 Å². The molecule has 2 amide bonds. The van der Waals surface area contributed by atoms with Gasteiger partial charge in [0.25, 0.3) is 5.91 Å². The van der Waals surface area contributed by atoms with E-state index in [0.717, 1.165) is 0 Å². The summed E-state index contributed by atoms with van der Waals surface area (Å²) in [4.78, 5) is 28.5. The minimum absolute atomic E-state index is 0.0360. The second-order valence-corrected chi connectivity index (χ2v) is 6.90. The van der Waals surface area contributed by atoms with Crippen molar-refractivity contribution in [1.82, 2.24) is 9.80 Å². The van der Waals surface area contributed by atoms with Crippen molar-refractivity contribution in [2.75, 3.05) is 33.0 Å². The molecular weight excluding hydrogens is 296 g/mol. The Labute approximate surface area is 136 Å². The first kappa shape index (κ1) is 15.6. The minimum Gasteiger partial charge on any atom is -0.454 e. The number of piperazine rings is 1. The van der Waals surface area contributed by atoms with Gasteiger partial charge in [-0.2, -0.15) is 0 Å². The lowest BCUT2D eigenvalue weighted by Gasteiger charge is -2.37. The van der Waals surface area contributed by atoms with Crippen LogP contribution in [0.5, 0.6) is 11.5 Å². The number of amides is 2. The van der Waals surface area contributed by atoms with Gasteiger partial charge < -0.3 is 19.3 Å². The predicted molar refractivity (Wildman–Crippen MR) is 84.5 cm³/mol. The van der Waals surface area contributed by atoms with E-state index in [-0.39, 0.29) is 24.0 Å². The zero-order chi connectivity index (χ0) is 16.6. The molecule has 1 fully saturated rings. The highest BCUT2D eigenvalue weighted by molar-refractivity contribution is 5.95. The third-order valence-corrected chi connectivity index (χ3v) is 4.12. The second kappa shape index (κ2) is 5.76. The van der Waals surface area contributed by atoms with E-state index in [1.807, 2.05) is 25.7 Å². The molecule has 0 N–H and O–H groups in total. The molecule has 0 bridgehead atoms. The number of carbonyl (C=O) groups is 2. The van der Waals surface area contributed by atoms with Gasteiger partial charge in [0.1, 0.15) is 0 Å². The van der Waals surface area contributed by atoms with E-state index < -0.39 is 0 Å². The number of carbonyl (C=O) groups excluding carboxylic acids is 2. The lowest BCUT2D eigenvalue weighted by Crippen LogP contribution is -2.53. The van der Waals surface area contributed by atoms with Gasteiger partial charge in [0, 0.05) is 37.2 Å². The van der Waals surface area contributed by atoms with Crippen LogP contribution in [-0.4, -0.2) is 54.6 Å². The van der Waals surface area contributed by atoms with Crippen LogP contribution in [0, 0.1) is 5.41 Å². The van der Waals surface area contributed by atoms with Crippen molar-refractivity contribution in [3.63, 3.8) is 0 Å². The summed E-state index contributed by atoms with van der Waals surface area (Å²) in [6, 6.07) is 5.23. The van der Waals surface area contributed by atoms with Crippen LogP contribution < -0.4 is 9.47 Å². The summed E-state index contributed by atoms with van der Waals surface area (Å²) in [7, 11) is 0. The Kier molecular flexibility index (Phi) is 3.92. The molecule has 2 heterocycles. The predicted octanol–water partition coefficient (Wildman–Crippen LogP) is 1.75. The van der Waals surface area contributed by atoms with Crippen molar-refractivity contribution < 1.29 is 19.1 Å². The minimum atomic E-state index is -0.385. The maximum Gasteiger partial charge on any atom is 0.254 e. The largest absolute Gasteiger partial charge is 0.454 e. The van der Waals surface area contributed by atoms with E-state index >= 15 is 0 Å². The van der Waals surface area contributed by atoms with E-state index in [9.17, 15) is 9.59 Å². The van der Waals surface area contributed by atoms with Crippen LogP contribution in [0.15, 0.2) is 18.2 Å². The van der Waals surface area contributed by atoms with Crippen molar-refractivity contribution in [2.45, 2.75) is 20.8 Å². The van der Waals surface area contributed by atoms with Crippen molar-refractivity contribution >= 4 is 11.8 Å². The van der Waals surface area contributed by atoms with E-state index in [2.05, 4.69) is 0 Å². The summed E-state index contributed by atoms with van der Waals surface area (Å²) in [6.07, 6.45) is 0. The number of nitrogens with zero attached hydrogens (tertiary/aromatic N) is 2. The summed E-state index contributed by atoms with van der Waals surface area (Å²) < 4.78 is 10.6. The monoisotopic (exact) mass is 318 g/mol. The fraction of sp³-hybridized carbons (Fsp3) is 0.529. The molecule has 0 spiro atoms. The van der Waals surface area contributed by atoms with Gasteiger partial charge in [0.05, 0.1) is 0 Å². The number of hydrogen-bond donors (Lipinski definition) is 0. The van der Waals surface area contributed by atoms with E-state index in [0.29, 0.717) is 43.2 Å². The summed E-state index contributed by atoms with van der Waals surface area (Å²) in [5, 5.41) is 0. The van der Waals surface area contributed by atoms with Gasteiger partial charge in [-0.25, -0.2) is 0 Å². The summed E-state index contributed by atoms with van der Waals surface area (Å²) >= 11 is 0. The van der Waals surface area contributed by atoms with Crippen LogP contribution >= 0.6 is 0 Å². The maximum absolute atomic E-state index is 12.6. The van der Waals surface area contributed by atoms with E-state index in [1.165, 1.54) is 0 Å². The Morgan fingerprint density at radius 1 is 0.957 bits per heavy atom. The lowest BCUT2D eigenvalue weighted by atomic mass is 9.94. The van der Waals surface area contributed by atoms with E-state index in [1.54, 1.807) is 23.1 Å². The van der Waals surface area contributed by atoms with Gasteiger partial charge in [-0.15, -0.1) is 0 Å². The molecule has 0 atom stereocenters. The molecule has 6 heteroatoms. The zero-order valence-corrected chi connectivity index (χ0v) is 13.8. The third-order valence-electron chi connectivity index (χ3n) is 4.12. The molecule has 0 radical (unpaired) electrons. The first-order valence-electron chi connectivity index (χ1n) is 7.84. The van der Waals surface area contributed by atoms with Gasteiger partial charge in [-0.1, -0.05) is 20.8 Å². The molecule has 0 aliphatic carbocycles. The van der Waals surface area contributed by atoms with Gasteiger partial charge in [0.15, 0.2) is 11.5 Å². The Bertz CT molecular complexity index is 628. The Morgan fingerprint density at radius 3 is 2.22 bits per heavy atom. The zero-order valence-electron chi connectivity index (χ0n) is 13.8. The molecule has 1 aromatic carbocycles. The highest BCUT2D eigenvalue weighted by Crippen LogP contribution is 2.33. The molecule has 2 aliphatic rings. The fourth-order valence-electron chi connectivity index (χ4n) is 2.80. The van der Waals surface area contributed by atoms with Gasteiger partial charge in [0.2, 0.25) is 12.7 Å². The molecule has 124 valence electrons. The maximum atomic E-state index is 12.6. The molecule has 6 nitrogen and oxygen atoms in total. The normalized spacial score (nSPS) is 17.3. The first-order valence-corrected chi connectivity index (χ1v) is 7.84. The Morgan fingerprint density at radius 2 is 1.57 bits per heavy atom. The molecule has 0 unspecified atom stereocenters. The van der Waals surface area contributed by atoms with Crippen molar-refractivity contribution in [1.29, 1.82) is 0 Å². The first-order chi connectivity index (χ1) is 10.9. The third kappa shape index (κ3) is 3.11. The summed E-state index contributed by atoms with van der Waals surface area (Å²) in [6.45, 7) is 8.20. The van der Waals surface area contributed by atoms with Crippen molar-refractivity contribution in [3.05, 3.63) is 23.8 Å². The molecule has 3 rings (SSSR count). The number of fused-ring (bicyclic) bond motifs is 1. The van der Waals surface area contributed by atoms with Crippen LogP contribution in [-0.2, 0) is 4.79 Å². The fourth-order valence-corrected chi connectivity index (χ4v) is 2.80. The van der Waals surface area contributed by atoms with Crippen LogP contribution in [0.3, 0.4) is 0 Å². The molecule has 23 heavy (non-hydrogen) atoms. The molecule has 1 aromatic rings. The Hall–Kier alpha value is -2.24. The number of benzene rings is 1. The highest BCUT2D eigenvalue weighted by atomic mass is 16.7. The van der Waals surface area contributed by atoms with Gasteiger partial charge in [-0.3, -0.25) is 9.59 Å². The average Bonchev–Trinajstić information content (AvgIpc) is 3.00. The van der Waals surface area contributed by atoms with E-state index in [4.69, 9.17) is 9.47 Å². The van der Waals surface area contributed by atoms with Crippen LogP contribution in [0.4, 0.5) is 0 Å². The smallest absolute Gasteiger partial charge is 0.254 e. The number of ether oxygens (including phenoxy) is 2. The van der Waals surface area contributed by atoms with Crippen molar-refractivity contribution in [3.8, 4) is 11.5 Å². The second-order valence-electron chi connectivity index (χ2n) is 6.90. The summed E-state index contributed by atoms with van der Waals surface area (Å²) in [5.41, 5.74) is 0.202. The van der Waals surface area contributed by atoms with Crippen LogP contribution in [0.1, 0.15) is 31.1 Å². The quantitative estimate of drug-likeness (QED) is 0.791. The SMILES string of the molecule is CC(C)(C)C(=O)N1CCN(C(=O)c2ccc3c(c2)OCO3)CC1.